The van der Waals surface area contributed by atoms with E-state index in [9.17, 15) is 28.0 Å². The van der Waals surface area contributed by atoms with Crippen molar-refractivity contribution in [3.8, 4) is 10.4 Å². The van der Waals surface area contributed by atoms with Crippen LogP contribution >= 0.6 is 11.3 Å². The molecule has 0 saturated carbocycles. The molecule has 0 spiro atoms. The molecular formula is C47H54F2N12O4S. The van der Waals surface area contributed by atoms with E-state index in [4.69, 9.17) is 0 Å². The Kier molecular flexibility index (Phi) is 13.4. The summed E-state index contributed by atoms with van der Waals surface area (Å²) in [7, 11) is 0. The van der Waals surface area contributed by atoms with E-state index in [1.165, 1.54) is 12.4 Å². The van der Waals surface area contributed by atoms with E-state index in [1.54, 1.807) is 44.6 Å². The number of rotatable bonds is 12. The number of nitrogens with zero attached hydrogens (tertiary/aromatic N) is 9. The number of anilines is 3. The van der Waals surface area contributed by atoms with Crippen LogP contribution in [0.25, 0.3) is 10.4 Å². The fraction of sp³-hybridized carbons (Fsp3) is 0.447. The van der Waals surface area contributed by atoms with Gasteiger partial charge in [0.1, 0.15) is 40.9 Å². The van der Waals surface area contributed by atoms with Gasteiger partial charge in [0.05, 0.1) is 47.3 Å². The van der Waals surface area contributed by atoms with Crippen LogP contribution in [-0.2, 0) is 9.59 Å². The van der Waals surface area contributed by atoms with Crippen molar-refractivity contribution in [1.82, 2.24) is 50.3 Å². The molecular weight excluding hydrogens is 867 g/mol. The number of aromatic nitrogens is 6. The average Bonchev–Trinajstić information content (AvgIpc) is 4.07. The SMILES string of the molecule is Cc1ncsc1-c1ccc([C@H](C)NC(=O)[C@@H]2CCCN2C(=O)[C@@H](NC(=O)c2cnc(C(=O)N3CCC(c4cc(Nc5cnccn5)nc(N5CCC(F)(F)C5)c4)CC3)cn2)C(C)(C)C)cc1. The van der Waals surface area contributed by atoms with Crippen molar-refractivity contribution >= 4 is 52.4 Å². The summed E-state index contributed by atoms with van der Waals surface area (Å²) in [5, 5.41) is 9.09. The van der Waals surface area contributed by atoms with E-state index >= 15 is 0 Å². The molecule has 0 bridgehead atoms. The van der Waals surface area contributed by atoms with Gasteiger partial charge in [-0.15, -0.1) is 11.3 Å². The predicted molar refractivity (Wildman–Crippen MR) is 246 cm³/mol. The van der Waals surface area contributed by atoms with Crippen LogP contribution in [0.4, 0.5) is 26.2 Å². The van der Waals surface area contributed by atoms with Gasteiger partial charge in [-0.3, -0.25) is 24.2 Å². The lowest BCUT2D eigenvalue weighted by atomic mass is 9.85. The Hall–Kier alpha value is -6.50. The summed E-state index contributed by atoms with van der Waals surface area (Å²) in [4.78, 5) is 87.1. The van der Waals surface area contributed by atoms with Gasteiger partial charge in [0, 0.05) is 45.0 Å². The number of likely N-dealkylation sites (tertiary alicyclic amines) is 2. The highest BCUT2D eigenvalue weighted by molar-refractivity contribution is 7.13. The molecule has 8 rings (SSSR count). The number of thiazole rings is 1. The first-order chi connectivity index (χ1) is 31.5. The molecule has 4 amide bonds. The summed E-state index contributed by atoms with van der Waals surface area (Å²) >= 11 is 1.58. The van der Waals surface area contributed by atoms with Crippen LogP contribution < -0.4 is 20.9 Å². The molecule has 4 aromatic heterocycles. The summed E-state index contributed by atoms with van der Waals surface area (Å²) in [6, 6.07) is 9.75. The molecule has 3 atom stereocenters. The standard InChI is InChI=1S/C47H54F2N12O4S/c1-28(30-8-10-32(11-9-30)40-29(2)54-27-66-40)55-43(63)36-7-6-17-61(36)45(65)41(46(3,4)5)58-42(62)34-23-53-35(24-52-34)44(64)59-18-12-31(13-19-59)33-21-37(56-38-25-50-15-16-51-38)57-39(22-33)60-20-14-47(48,49)26-60/h8-11,15-16,21-25,27-28,31,36,41H,6-7,12-14,17-20,26H2,1-5H3,(H,55,63)(H,58,62)(H,51,56,57)/t28-,36-,41+/m0/s1. The molecule has 1 aromatic carbocycles. The normalized spacial score (nSPS) is 18.5. The van der Waals surface area contributed by atoms with Crippen LogP contribution in [0.5, 0.6) is 0 Å². The van der Waals surface area contributed by atoms with E-state index in [-0.39, 0.29) is 54.0 Å². The van der Waals surface area contributed by atoms with Gasteiger partial charge in [0.25, 0.3) is 17.7 Å². The van der Waals surface area contributed by atoms with Gasteiger partial charge in [0.2, 0.25) is 11.8 Å². The predicted octanol–water partition coefficient (Wildman–Crippen LogP) is 6.72. The molecule has 0 radical (unpaired) electrons. The molecule has 19 heteroatoms. The van der Waals surface area contributed by atoms with Gasteiger partial charge in [-0.05, 0) is 79.7 Å². The summed E-state index contributed by atoms with van der Waals surface area (Å²) in [5.74, 6) is -3.00. The largest absolute Gasteiger partial charge is 0.350 e. The first-order valence-corrected chi connectivity index (χ1v) is 23.1. The Morgan fingerprint density at radius 2 is 1.61 bits per heavy atom. The summed E-state index contributed by atoms with van der Waals surface area (Å²) < 4.78 is 28.4. The number of benzene rings is 1. The van der Waals surface area contributed by atoms with Gasteiger partial charge in [-0.25, -0.2) is 33.7 Å². The van der Waals surface area contributed by atoms with Crippen LogP contribution in [0, 0.1) is 12.3 Å². The van der Waals surface area contributed by atoms with E-state index in [0.29, 0.717) is 62.8 Å². The van der Waals surface area contributed by atoms with Crippen molar-refractivity contribution in [1.29, 1.82) is 0 Å². The second-order valence-electron chi connectivity index (χ2n) is 18.3. The lowest BCUT2D eigenvalue weighted by Crippen LogP contribution is -2.57. The molecule has 3 saturated heterocycles. The zero-order valence-electron chi connectivity index (χ0n) is 37.6. The van der Waals surface area contributed by atoms with E-state index < -0.39 is 35.9 Å². The third-order valence-corrected chi connectivity index (χ3v) is 13.5. The third kappa shape index (κ3) is 10.5. The lowest BCUT2D eigenvalue weighted by molar-refractivity contribution is -0.142. The third-order valence-electron chi connectivity index (χ3n) is 12.5. The molecule has 3 aliphatic rings. The van der Waals surface area contributed by atoms with Gasteiger partial charge >= 0.3 is 0 Å². The summed E-state index contributed by atoms with van der Waals surface area (Å²) in [5.41, 5.74) is 4.96. The molecule has 66 heavy (non-hydrogen) atoms. The highest BCUT2D eigenvalue weighted by Crippen LogP contribution is 2.36. The van der Waals surface area contributed by atoms with Crippen molar-refractivity contribution in [2.45, 2.75) is 96.7 Å². The number of amides is 4. The molecule has 0 aliphatic carbocycles. The Morgan fingerprint density at radius 1 is 0.864 bits per heavy atom. The maximum Gasteiger partial charge on any atom is 0.274 e. The van der Waals surface area contributed by atoms with Gasteiger partial charge in [0.15, 0.2) is 0 Å². The number of nitrogens with one attached hydrogen (secondary N) is 3. The quantitative estimate of drug-likeness (QED) is 0.120. The minimum Gasteiger partial charge on any atom is -0.350 e. The topological polar surface area (TPSA) is 191 Å². The molecule has 3 fully saturated rings. The van der Waals surface area contributed by atoms with Crippen molar-refractivity contribution in [3.05, 3.63) is 101 Å². The number of aryl methyl sites for hydroxylation is 1. The van der Waals surface area contributed by atoms with Gasteiger partial charge in [-0.1, -0.05) is 45.0 Å². The lowest BCUT2D eigenvalue weighted by Gasteiger charge is -2.35. The number of pyridine rings is 1. The number of hydrogen-bond donors (Lipinski definition) is 3. The van der Waals surface area contributed by atoms with Crippen LogP contribution in [0.2, 0.25) is 0 Å². The Labute approximate surface area is 386 Å². The second-order valence-corrected chi connectivity index (χ2v) is 19.2. The fourth-order valence-electron chi connectivity index (χ4n) is 8.78. The monoisotopic (exact) mass is 920 g/mol. The first kappa shape index (κ1) is 46.0. The minimum absolute atomic E-state index is 0.0216. The first-order valence-electron chi connectivity index (χ1n) is 22.2. The van der Waals surface area contributed by atoms with Crippen molar-refractivity contribution in [3.63, 3.8) is 0 Å². The van der Waals surface area contributed by atoms with Crippen LogP contribution in [0.15, 0.2) is 72.9 Å². The maximum atomic E-state index is 14.2. The molecule has 346 valence electrons. The zero-order valence-corrected chi connectivity index (χ0v) is 38.4. The molecule has 3 N–H and O–H groups in total. The zero-order chi connectivity index (χ0) is 46.8. The van der Waals surface area contributed by atoms with Crippen LogP contribution in [0.3, 0.4) is 0 Å². The Bertz CT molecular complexity index is 2550. The van der Waals surface area contributed by atoms with Crippen molar-refractivity contribution in [2.24, 2.45) is 5.41 Å². The number of carbonyl (C=O) groups is 4. The molecule has 3 aliphatic heterocycles. The van der Waals surface area contributed by atoms with E-state index in [0.717, 1.165) is 27.3 Å². The van der Waals surface area contributed by atoms with Crippen molar-refractivity contribution in [2.75, 3.05) is 42.9 Å². The molecule has 7 heterocycles. The van der Waals surface area contributed by atoms with E-state index in [1.807, 2.05) is 76.5 Å². The van der Waals surface area contributed by atoms with Crippen LogP contribution in [-0.4, -0.2) is 114 Å². The minimum atomic E-state index is -2.80. The number of piperidine rings is 1. The van der Waals surface area contributed by atoms with Gasteiger partial charge in [-0.2, -0.15) is 0 Å². The summed E-state index contributed by atoms with van der Waals surface area (Å²) in [6.07, 6.45) is 9.23. The number of carbonyl (C=O) groups excluding carboxylic acids is 4. The number of halogens is 2. The second kappa shape index (κ2) is 19.1. The fourth-order valence-corrected chi connectivity index (χ4v) is 9.59. The molecule has 16 nitrogen and oxygen atoms in total. The summed E-state index contributed by atoms with van der Waals surface area (Å²) in [6.45, 7) is 10.4. The number of hydrogen-bond acceptors (Lipinski definition) is 13. The Balaban J connectivity index is 0.873. The van der Waals surface area contributed by atoms with E-state index in [2.05, 4.69) is 45.9 Å². The molecule has 5 aromatic rings. The Morgan fingerprint density at radius 3 is 2.24 bits per heavy atom. The highest BCUT2D eigenvalue weighted by atomic mass is 32.1. The number of alkyl halides is 2. The van der Waals surface area contributed by atoms with Crippen molar-refractivity contribution < 1.29 is 28.0 Å². The maximum absolute atomic E-state index is 14.2. The molecule has 0 unspecified atom stereocenters. The average molecular weight is 921 g/mol. The highest BCUT2D eigenvalue weighted by Gasteiger charge is 2.43. The van der Waals surface area contributed by atoms with Gasteiger partial charge < -0.3 is 30.7 Å². The van der Waals surface area contributed by atoms with Crippen LogP contribution in [0.1, 0.15) is 110 Å². The smallest absolute Gasteiger partial charge is 0.274 e.